The second kappa shape index (κ2) is 3.76. The Morgan fingerprint density at radius 2 is 2.18 bits per heavy atom. The summed E-state index contributed by atoms with van der Waals surface area (Å²) in [5.41, 5.74) is 1.03. The van der Waals surface area contributed by atoms with Gasteiger partial charge in [0.15, 0.2) is 0 Å². The van der Waals surface area contributed by atoms with Gasteiger partial charge in [-0.05, 0) is 47.2 Å². The van der Waals surface area contributed by atoms with Crippen LogP contribution in [-0.4, -0.2) is 5.11 Å². The summed E-state index contributed by atoms with van der Waals surface area (Å²) in [4.78, 5) is 0. The molecule has 0 aromatic heterocycles. The number of aromatic hydroxyl groups is 1. The topological polar surface area (TPSA) is 20.2 Å². The molecule has 0 saturated heterocycles. The van der Waals surface area contributed by atoms with Gasteiger partial charge in [0.1, 0.15) is 5.75 Å². The van der Waals surface area contributed by atoms with Gasteiger partial charge in [-0.25, -0.2) is 0 Å². The molecule has 1 aromatic rings. The Balaban J connectivity index is 3.05. The Kier molecular flexibility index (Phi) is 2.93. The van der Waals surface area contributed by atoms with E-state index in [0.717, 1.165) is 9.13 Å². The van der Waals surface area contributed by atoms with Crippen molar-refractivity contribution in [2.24, 2.45) is 0 Å². The third kappa shape index (κ3) is 2.22. The second-order valence-electron chi connectivity index (χ2n) is 2.21. The second-order valence-corrected chi connectivity index (χ2v) is 3.37. The molecule has 1 nitrogen and oxygen atoms in total. The van der Waals surface area contributed by atoms with Crippen LogP contribution in [0.4, 0.5) is 0 Å². The smallest absolute Gasteiger partial charge is 0.129 e. The van der Waals surface area contributed by atoms with Gasteiger partial charge in [-0.3, -0.25) is 0 Å². The van der Waals surface area contributed by atoms with Crippen LogP contribution in [0.5, 0.6) is 5.75 Å². The van der Waals surface area contributed by atoms with Crippen LogP contribution in [0.3, 0.4) is 0 Å². The number of phenols is 1. The van der Waals surface area contributed by atoms with Crippen molar-refractivity contribution in [3.63, 3.8) is 0 Å². The Labute approximate surface area is 79.9 Å². The molecule has 0 heterocycles. The van der Waals surface area contributed by atoms with Gasteiger partial charge in [0, 0.05) is 0 Å². The summed E-state index contributed by atoms with van der Waals surface area (Å²) in [5, 5.41) is 9.29. The average molecular weight is 260 g/mol. The Bertz CT molecular complexity index is 279. The summed E-state index contributed by atoms with van der Waals surface area (Å²) in [6.07, 6.45) is 3.90. The van der Waals surface area contributed by atoms with Gasteiger partial charge in [-0.1, -0.05) is 18.2 Å². The molecule has 0 aliphatic rings. The summed E-state index contributed by atoms with van der Waals surface area (Å²) in [6, 6.07) is 5.62. The molecule has 0 saturated carbocycles. The van der Waals surface area contributed by atoms with E-state index in [-0.39, 0.29) is 0 Å². The molecule has 11 heavy (non-hydrogen) atoms. The third-order valence-electron chi connectivity index (χ3n) is 1.33. The van der Waals surface area contributed by atoms with E-state index in [0.29, 0.717) is 5.75 Å². The zero-order chi connectivity index (χ0) is 8.27. The summed E-state index contributed by atoms with van der Waals surface area (Å²) in [5.74, 6) is 0.348. The fourth-order valence-electron chi connectivity index (χ4n) is 0.826. The lowest BCUT2D eigenvalue weighted by Gasteiger charge is -1.97. The minimum atomic E-state index is 0.348. The predicted octanol–water partition coefficient (Wildman–Crippen LogP) is 3.03. The minimum absolute atomic E-state index is 0.348. The van der Waals surface area contributed by atoms with Gasteiger partial charge >= 0.3 is 0 Å². The predicted molar refractivity (Wildman–Crippen MR) is 55.5 cm³/mol. The molecule has 1 N–H and O–H groups in total. The van der Waals surface area contributed by atoms with E-state index < -0.39 is 0 Å². The van der Waals surface area contributed by atoms with Crippen molar-refractivity contribution < 1.29 is 5.11 Å². The lowest BCUT2D eigenvalue weighted by atomic mass is 10.2. The molecule has 0 bridgehead atoms. The molecule has 1 rings (SSSR count). The first kappa shape index (κ1) is 8.59. The Morgan fingerprint density at radius 3 is 2.73 bits per heavy atom. The summed E-state index contributed by atoms with van der Waals surface area (Å²) >= 11 is 2.10. The first-order valence-electron chi connectivity index (χ1n) is 3.35. The lowest BCUT2D eigenvalue weighted by Crippen LogP contribution is -1.75. The molecular formula is C9H9IO. The molecule has 0 radical (unpaired) electrons. The van der Waals surface area contributed by atoms with Crippen LogP contribution in [0.2, 0.25) is 0 Å². The van der Waals surface area contributed by atoms with E-state index >= 15 is 0 Å². The fourth-order valence-corrected chi connectivity index (χ4v) is 1.16. The third-order valence-corrected chi connectivity index (χ3v) is 2.24. The maximum absolute atomic E-state index is 9.29. The molecular weight excluding hydrogens is 251 g/mol. The maximum Gasteiger partial charge on any atom is 0.129 e. The van der Waals surface area contributed by atoms with Crippen LogP contribution in [0.1, 0.15) is 12.5 Å². The maximum atomic E-state index is 9.29. The number of benzene rings is 1. The van der Waals surface area contributed by atoms with Crippen LogP contribution < -0.4 is 0 Å². The molecule has 0 aliphatic carbocycles. The van der Waals surface area contributed by atoms with E-state index in [1.54, 1.807) is 6.07 Å². The summed E-state index contributed by atoms with van der Waals surface area (Å²) in [7, 11) is 0. The van der Waals surface area contributed by atoms with Crippen molar-refractivity contribution in [2.45, 2.75) is 6.92 Å². The highest BCUT2D eigenvalue weighted by molar-refractivity contribution is 14.1. The molecule has 0 unspecified atom stereocenters. The highest BCUT2D eigenvalue weighted by Gasteiger charge is 1.95. The van der Waals surface area contributed by atoms with Gasteiger partial charge < -0.3 is 5.11 Å². The number of halogens is 1. The molecule has 0 atom stereocenters. The summed E-state index contributed by atoms with van der Waals surface area (Å²) in [6.45, 7) is 1.95. The van der Waals surface area contributed by atoms with Crippen molar-refractivity contribution in [1.29, 1.82) is 0 Å². The van der Waals surface area contributed by atoms with Gasteiger partial charge in [0.25, 0.3) is 0 Å². The van der Waals surface area contributed by atoms with Crippen LogP contribution in [0, 0.1) is 3.57 Å². The number of hydrogen-bond donors (Lipinski definition) is 1. The van der Waals surface area contributed by atoms with Crippen molar-refractivity contribution in [3.05, 3.63) is 33.4 Å². The highest BCUT2D eigenvalue weighted by Crippen LogP contribution is 2.20. The molecule has 0 aliphatic heterocycles. The van der Waals surface area contributed by atoms with E-state index in [4.69, 9.17) is 0 Å². The molecule has 2 heteroatoms. The van der Waals surface area contributed by atoms with Crippen molar-refractivity contribution in [1.82, 2.24) is 0 Å². The standard InChI is InChI=1S/C9H9IO/c1-2-3-7-4-5-8(10)9(11)6-7/h2-6,11H,1H3/b3-2-. The van der Waals surface area contributed by atoms with E-state index in [1.807, 2.05) is 31.2 Å². The molecule has 0 amide bonds. The first-order valence-corrected chi connectivity index (χ1v) is 4.43. The summed E-state index contributed by atoms with van der Waals surface area (Å²) < 4.78 is 0.885. The van der Waals surface area contributed by atoms with Gasteiger partial charge in [0.05, 0.1) is 3.57 Å². The number of hydrogen-bond acceptors (Lipinski definition) is 1. The Morgan fingerprint density at radius 1 is 1.45 bits per heavy atom. The number of phenolic OH excluding ortho intramolecular Hbond substituents is 1. The van der Waals surface area contributed by atoms with Crippen molar-refractivity contribution in [3.8, 4) is 5.75 Å². The largest absolute Gasteiger partial charge is 0.507 e. The minimum Gasteiger partial charge on any atom is -0.507 e. The monoisotopic (exact) mass is 260 g/mol. The molecule has 0 spiro atoms. The van der Waals surface area contributed by atoms with E-state index in [1.165, 1.54) is 0 Å². The van der Waals surface area contributed by atoms with Gasteiger partial charge in [0.2, 0.25) is 0 Å². The number of rotatable bonds is 1. The highest BCUT2D eigenvalue weighted by atomic mass is 127. The van der Waals surface area contributed by atoms with Crippen LogP contribution >= 0.6 is 22.6 Å². The van der Waals surface area contributed by atoms with Gasteiger partial charge in [-0.15, -0.1) is 0 Å². The van der Waals surface area contributed by atoms with E-state index in [2.05, 4.69) is 22.6 Å². The molecule has 1 aromatic carbocycles. The first-order chi connectivity index (χ1) is 5.24. The normalized spacial score (nSPS) is 10.7. The van der Waals surface area contributed by atoms with Crippen LogP contribution in [0.25, 0.3) is 6.08 Å². The van der Waals surface area contributed by atoms with E-state index in [9.17, 15) is 5.11 Å². The van der Waals surface area contributed by atoms with Gasteiger partial charge in [-0.2, -0.15) is 0 Å². The lowest BCUT2D eigenvalue weighted by molar-refractivity contribution is 0.471. The fraction of sp³-hybridized carbons (Fsp3) is 0.111. The van der Waals surface area contributed by atoms with Crippen LogP contribution in [-0.2, 0) is 0 Å². The Hall–Kier alpha value is -0.510. The van der Waals surface area contributed by atoms with Crippen molar-refractivity contribution in [2.75, 3.05) is 0 Å². The zero-order valence-electron chi connectivity index (χ0n) is 6.21. The molecule has 58 valence electrons. The molecule has 0 fully saturated rings. The van der Waals surface area contributed by atoms with Crippen LogP contribution in [0.15, 0.2) is 24.3 Å². The van der Waals surface area contributed by atoms with Crippen molar-refractivity contribution >= 4 is 28.7 Å². The quantitative estimate of drug-likeness (QED) is 0.769. The average Bonchev–Trinajstić information content (AvgIpc) is 1.98. The SMILES string of the molecule is C/C=C\c1ccc(I)c(O)c1. The zero-order valence-corrected chi connectivity index (χ0v) is 8.37. The number of allylic oxidation sites excluding steroid dienone is 1.